The zero-order valence-corrected chi connectivity index (χ0v) is 14.0. The van der Waals surface area contributed by atoms with Gasteiger partial charge in [0.2, 0.25) is 0 Å². The van der Waals surface area contributed by atoms with Gasteiger partial charge in [-0.1, -0.05) is 11.2 Å². The van der Waals surface area contributed by atoms with Gasteiger partial charge in [-0.15, -0.1) is 11.3 Å². The number of benzene rings is 1. The molecule has 0 amide bonds. The molecular formula is C17H15NO5S. The van der Waals surface area contributed by atoms with E-state index < -0.39 is 0 Å². The Labute approximate surface area is 142 Å². The first-order valence-corrected chi connectivity index (χ1v) is 7.98. The van der Waals surface area contributed by atoms with Crippen molar-refractivity contribution in [1.29, 1.82) is 0 Å². The van der Waals surface area contributed by atoms with E-state index in [9.17, 15) is 4.79 Å². The molecule has 2 heterocycles. The molecule has 0 atom stereocenters. The molecule has 0 aliphatic rings. The highest BCUT2D eigenvalue weighted by Crippen LogP contribution is 2.32. The van der Waals surface area contributed by atoms with Gasteiger partial charge in [0.15, 0.2) is 17.3 Å². The van der Waals surface area contributed by atoms with E-state index in [2.05, 4.69) is 5.16 Å². The van der Waals surface area contributed by atoms with Gasteiger partial charge >= 0.3 is 5.97 Å². The molecule has 0 saturated heterocycles. The van der Waals surface area contributed by atoms with E-state index in [-0.39, 0.29) is 12.6 Å². The van der Waals surface area contributed by atoms with E-state index in [4.69, 9.17) is 18.7 Å². The van der Waals surface area contributed by atoms with Crippen LogP contribution < -0.4 is 9.47 Å². The van der Waals surface area contributed by atoms with E-state index in [0.717, 1.165) is 5.56 Å². The minimum atomic E-state index is -0.374. The molecule has 0 saturated carbocycles. The van der Waals surface area contributed by atoms with Crippen LogP contribution in [0.1, 0.15) is 15.4 Å². The van der Waals surface area contributed by atoms with Crippen LogP contribution >= 0.6 is 11.3 Å². The van der Waals surface area contributed by atoms with Crippen molar-refractivity contribution in [2.24, 2.45) is 0 Å². The van der Waals surface area contributed by atoms with Crippen LogP contribution in [0.2, 0.25) is 0 Å². The van der Waals surface area contributed by atoms with Gasteiger partial charge in [-0.25, -0.2) is 4.79 Å². The molecule has 0 radical (unpaired) electrons. The van der Waals surface area contributed by atoms with E-state index in [1.54, 1.807) is 44.6 Å². The molecule has 3 rings (SSSR count). The fourth-order valence-corrected chi connectivity index (χ4v) is 2.73. The molecule has 0 aliphatic heterocycles. The van der Waals surface area contributed by atoms with Crippen molar-refractivity contribution in [3.05, 3.63) is 52.3 Å². The molecule has 3 aromatic rings. The molecule has 6 nitrogen and oxygen atoms in total. The molecule has 0 spiro atoms. The smallest absolute Gasteiger partial charge is 0.348 e. The third-order valence-electron chi connectivity index (χ3n) is 3.30. The fourth-order valence-electron chi connectivity index (χ4n) is 2.11. The highest BCUT2D eigenvalue weighted by atomic mass is 32.1. The number of hydrogen-bond acceptors (Lipinski definition) is 7. The largest absolute Gasteiger partial charge is 0.493 e. The Morgan fingerprint density at radius 2 is 2.00 bits per heavy atom. The van der Waals surface area contributed by atoms with Crippen LogP contribution in [0, 0.1) is 0 Å². The topological polar surface area (TPSA) is 70.8 Å². The maximum absolute atomic E-state index is 11.8. The Morgan fingerprint density at radius 1 is 1.17 bits per heavy atom. The van der Waals surface area contributed by atoms with Crippen LogP contribution in [-0.4, -0.2) is 25.3 Å². The molecule has 24 heavy (non-hydrogen) atoms. The fraction of sp³-hybridized carbons (Fsp3) is 0.176. The van der Waals surface area contributed by atoms with Crippen molar-refractivity contribution in [2.45, 2.75) is 6.61 Å². The van der Waals surface area contributed by atoms with Gasteiger partial charge in [0.1, 0.15) is 17.2 Å². The number of carbonyl (C=O) groups is 1. The average Bonchev–Trinajstić information content (AvgIpc) is 3.30. The lowest BCUT2D eigenvalue weighted by molar-refractivity contribution is 0.0470. The summed E-state index contributed by atoms with van der Waals surface area (Å²) in [5, 5.41) is 5.74. The van der Waals surface area contributed by atoms with Crippen LogP contribution in [0.3, 0.4) is 0 Å². The number of carbonyl (C=O) groups excluding carboxylic acids is 1. The van der Waals surface area contributed by atoms with E-state index >= 15 is 0 Å². The quantitative estimate of drug-likeness (QED) is 0.633. The molecule has 0 fully saturated rings. The van der Waals surface area contributed by atoms with Crippen molar-refractivity contribution in [3.63, 3.8) is 0 Å². The first kappa shape index (κ1) is 16.1. The Morgan fingerprint density at radius 3 is 2.71 bits per heavy atom. The molecule has 0 unspecified atom stereocenters. The number of nitrogens with zero attached hydrogens (tertiary/aromatic N) is 1. The summed E-state index contributed by atoms with van der Waals surface area (Å²) >= 11 is 1.33. The van der Waals surface area contributed by atoms with E-state index in [1.165, 1.54) is 11.3 Å². The summed E-state index contributed by atoms with van der Waals surface area (Å²) in [6, 6.07) is 10.7. The summed E-state index contributed by atoms with van der Waals surface area (Å²) in [6.45, 7) is 0.0491. The number of hydrogen-bond donors (Lipinski definition) is 0. The maximum atomic E-state index is 11.8. The third kappa shape index (κ3) is 3.41. The number of ether oxygens (including phenoxy) is 3. The van der Waals surface area contributed by atoms with E-state index in [1.807, 2.05) is 11.4 Å². The monoisotopic (exact) mass is 345 g/mol. The lowest BCUT2D eigenvalue weighted by Gasteiger charge is -2.07. The number of esters is 1. The SMILES string of the molecule is COc1ccc(-c2cc(COC(=O)c3cccs3)no2)cc1OC. The van der Waals surface area contributed by atoms with Crippen molar-refractivity contribution in [3.8, 4) is 22.8 Å². The Kier molecular flexibility index (Phi) is 4.81. The summed E-state index contributed by atoms with van der Waals surface area (Å²) in [5.74, 6) is 1.40. The van der Waals surface area contributed by atoms with Crippen molar-refractivity contribution >= 4 is 17.3 Å². The summed E-state index contributed by atoms with van der Waals surface area (Å²) in [6.07, 6.45) is 0. The first-order valence-electron chi connectivity index (χ1n) is 7.10. The lowest BCUT2D eigenvalue weighted by Crippen LogP contribution is -2.03. The highest BCUT2D eigenvalue weighted by molar-refractivity contribution is 7.11. The number of aromatic nitrogens is 1. The van der Waals surface area contributed by atoms with Crippen LogP contribution in [0.15, 0.2) is 46.3 Å². The number of methoxy groups -OCH3 is 2. The summed E-state index contributed by atoms with van der Waals surface area (Å²) in [7, 11) is 3.14. The summed E-state index contributed by atoms with van der Waals surface area (Å²) in [4.78, 5) is 12.4. The molecule has 0 bridgehead atoms. The molecule has 0 N–H and O–H groups in total. The second-order valence-electron chi connectivity index (χ2n) is 4.81. The van der Waals surface area contributed by atoms with Gasteiger partial charge in [0.25, 0.3) is 0 Å². The van der Waals surface area contributed by atoms with Gasteiger partial charge in [-0.05, 0) is 29.6 Å². The second kappa shape index (κ2) is 7.18. The predicted molar refractivity (Wildman–Crippen MR) is 88.5 cm³/mol. The van der Waals surface area contributed by atoms with E-state index in [0.29, 0.717) is 27.8 Å². The molecule has 2 aromatic heterocycles. The van der Waals surface area contributed by atoms with Crippen molar-refractivity contribution in [1.82, 2.24) is 5.16 Å². The normalized spacial score (nSPS) is 10.4. The standard InChI is InChI=1S/C17H15NO5S/c1-20-13-6-5-11(8-15(13)21-2)14-9-12(18-23-14)10-22-17(19)16-4-3-7-24-16/h3-9H,10H2,1-2H3. The molecule has 1 aromatic carbocycles. The lowest BCUT2D eigenvalue weighted by atomic mass is 10.1. The molecule has 124 valence electrons. The number of thiophene rings is 1. The Hall–Kier alpha value is -2.80. The minimum absolute atomic E-state index is 0.0491. The second-order valence-corrected chi connectivity index (χ2v) is 5.75. The Bertz CT molecular complexity index is 825. The maximum Gasteiger partial charge on any atom is 0.348 e. The first-order chi connectivity index (χ1) is 11.7. The van der Waals surface area contributed by atoms with Crippen molar-refractivity contribution < 1.29 is 23.5 Å². The molecule has 0 aliphatic carbocycles. The van der Waals surface area contributed by atoms with Crippen molar-refractivity contribution in [2.75, 3.05) is 14.2 Å². The van der Waals surface area contributed by atoms with Crippen LogP contribution in [0.25, 0.3) is 11.3 Å². The van der Waals surface area contributed by atoms with Gasteiger partial charge in [-0.2, -0.15) is 0 Å². The van der Waals surface area contributed by atoms with Gasteiger partial charge in [0.05, 0.1) is 14.2 Å². The average molecular weight is 345 g/mol. The van der Waals surface area contributed by atoms with Gasteiger partial charge in [-0.3, -0.25) is 0 Å². The number of rotatable bonds is 6. The van der Waals surface area contributed by atoms with Crippen LogP contribution in [0.5, 0.6) is 11.5 Å². The highest BCUT2D eigenvalue weighted by Gasteiger charge is 2.13. The minimum Gasteiger partial charge on any atom is -0.493 e. The zero-order valence-electron chi connectivity index (χ0n) is 13.1. The van der Waals surface area contributed by atoms with Crippen LogP contribution in [0.4, 0.5) is 0 Å². The molecule has 7 heteroatoms. The van der Waals surface area contributed by atoms with Gasteiger partial charge in [0, 0.05) is 11.6 Å². The van der Waals surface area contributed by atoms with Gasteiger partial charge < -0.3 is 18.7 Å². The van der Waals surface area contributed by atoms with Crippen LogP contribution in [-0.2, 0) is 11.3 Å². The summed E-state index contributed by atoms with van der Waals surface area (Å²) < 4.78 is 21.0. The third-order valence-corrected chi connectivity index (χ3v) is 4.15. The summed E-state index contributed by atoms with van der Waals surface area (Å²) in [5.41, 5.74) is 1.32. The molecular weight excluding hydrogens is 330 g/mol. The predicted octanol–water partition coefficient (Wildman–Crippen LogP) is 3.78. The Balaban J connectivity index is 1.70. The zero-order chi connectivity index (χ0) is 16.9.